The molecule has 2 aromatic rings. The van der Waals surface area contributed by atoms with E-state index in [-0.39, 0.29) is 4.90 Å². The maximum Gasteiger partial charge on any atom is 0.263 e. The van der Waals surface area contributed by atoms with Gasteiger partial charge < -0.3 is 4.98 Å². The second-order valence-corrected chi connectivity index (χ2v) is 6.58. The number of nitrogens with one attached hydrogen (secondary N) is 1. The van der Waals surface area contributed by atoms with Crippen molar-refractivity contribution in [3.8, 4) is 0 Å². The number of aromatic nitrogens is 1. The van der Waals surface area contributed by atoms with E-state index >= 15 is 0 Å². The summed E-state index contributed by atoms with van der Waals surface area (Å²) in [4.78, 5) is 3.06. The molecular weight excluding hydrogens is 246 g/mol. The van der Waals surface area contributed by atoms with Crippen LogP contribution in [0.2, 0.25) is 0 Å². The minimum atomic E-state index is -3.68. The minimum absolute atomic E-state index is 0.138. The summed E-state index contributed by atoms with van der Waals surface area (Å²) in [5.41, 5.74) is 1.96. The van der Waals surface area contributed by atoms with Gasteiger partial charge in [-0.05, 0) is 17.5 Å². The molecule has 0 atom stereocenters. The average molecular weight is 258 g/mol. The summed E-state index contributed by atoms with van der Waals surface area (Å²) in [6, 6.07) is 5.66. The highest BCUT2D eigenvalue weighted by Crippen LogP contribution is 2.28. The lowest BCUT2D eigenvalue weighted by Crippen LogP contribution is -1.89. The molecule has 1 heterocycles. The van der Waals surface area contributed by atoms with E-state index in [0.717, 1.165) is 11.1 Å². The second-order valence-electron chi connectivity index (χ2n) is 4.05. The largest absolute Gasteiger partial charge is 0.360 e. The highest BCUT2D eigenvalue weighted by atomic mass is 35.7. The lowest BCUT2D eigenvalue weighted by Gasteiger charge is -2.04. The van der Waals surface area contributed by atoms with E-state index in [9.17, 15) is 8.42 Å². The Balaban J connectivity index is 2.69. The minimum Gasteiger partial charge on any atom is -0.360 e. The Kier molecular flexibility index (Phi) is 2.72. The molecule has 86 valence electrons. The molecule has 0 aliphatic rings. The third kappa shape index (κ3) is 1.95. The maximum absolute atomic E-state index is 11.3. The molecule has 5 heteroatoms. The van der Waals surface area contributed by atoms with Crippen LogP contribution in [0.1, 0.15) is 25.3 Å². The van der Waals surface area contributed by atoms with Gasteiger partial charge in [0.15, 0.2) is 0 Å². The van der Waals surface area contributed by atoms with Crippen molar-refractivity contribution in [1.82, 2.24) is 4.98 Å². The zero-order valence-corrected chi connectivity index (χ0v) is 10.6. The summed E-state index contributed by atoms with van der Waals surface area (Å²) < 4.78 is 22.5. The van der Waals surface area contributed by atoms with E-state index < -0.39 is 9.05 Å². The van der Waals surface area contributed by atoms with Gasteiger partial charge in [0.25, 0.3) is 9.05 Å². The quantitative estimate of drug-likeness (QED) is 0.840. The number of fused-ring (bicyclic) bond motifs is 1. The Morgan fingerprint density at radius 3 is 2.56 bits per heavy atom. The second kappa shape index (κ2) is 3.79. The first-order chi connectivity index (χ1) is 7.39. The molecule has 0 unspecified atom stereocenters. The smallest absolute Gasteiger partial charge is 0.263 e. The van der Waals surface area contributed by atoms with Crippen molar-refractivity contribution in [2.24, 2.45) is 0 Å². The van der Waals surface area contributed by atoms with E-state index in [1.54, 1.807) is 6.07 Å². The molecule has 16 heavy (non-hydrogen) atoms. The van der Waals surface area contributed by atoms with Gasteiger partial charge in [0.1, 0.15) is 4.90 Å². The zero-order valence-electron chi connectivity index (χ0n) is 8.99. The molecule has 0 fully saturated rings. The predicted octanol–water partition coefficient (Wildman–Crippen LogP) is 3.22. The molecule has 0 aliphatic carbocycles. The van der Waals surface area contributed by atoms with Crippen LogP contribution < -0.4 is 0 Å². The van der Waals surface area contributed by atoms with Gasteiger partial charge in [0, 0.05) is 27.8 Å². The van der Waals surface area contributed by atoms with Gasteiger partial charge in [0.05, 0.1) is 0 Å². The van der Waals surface area contributed by atoms with Crippen LogP contribution in [0.4, 0.5) is 0 Å². The van der Waals surface area contributed by atoms with Crippen molar-refractivity contribution in [2.75, 3.05) is 0 Å². The Hall–Kier alpha value is -1.00. The zero-order chi connectivity index (χ0) is 11.9. The molecule has 0 saturated carbocycles. The van der Waals surface area contributed by atoms with E-state index in [1.165, 1.54) is 6.20 Å². The number of rotatable bonds is 2. The molecular formula is C11H12ClNO2S. The van der Waals surface area contributed by atoms with Crippen LogP contribution in [0.5, 0.6) is 0 Å². The van der Waals surface area contributed by atoms with E-state index in [2.05, 4.69) is 18.8 Å². The van der Waals surface area contributed by atoms with Crippen LogP contribution in [0.25, 0.3) is 10.9 Å². The summed E-state index contributed by atoms with van der Waals surface area (Å²) in [5, 5.41) is 0.638. The van der Waals surface area contributed by atoms with Gasteiger partial charge >= 0.3 is 0 Å². The topological polar surface area (TPSA) is 49.9 Å². The van der Waals surface area contributed by atoms with Crippen LogP contribution in [0.3, 0.4) is 0 Å². The van der Waals surface area contributed by atoms with Crippen LogP contribution in [0.15, 0.2) is 29.3 Å². The van der Waals surface area contributed by atoms with Gasteiger partial charge in [0.2, 0.25) is 0 Å². The van der Waals surface area contributed by atoms with Crippen molar-refractivity contribution in [1.29, 1.82) is 0 Å². The molecule has 0 aliphatic heterocycles. The number of H-pyrrole nitrogens is 1. The van der Waals surface area contributed by atoms with Crippen molar-refractivity contribution in [3.05, 3.63) is 30.0 Å². The van der Waals surface area contributed by atoms with Crippen LogP contribution in [-0.4, -0.2) is 13.4 Å². The van der Waals surface area contributed by atoms with Gasteiger partial charge in [-0.2, -0.15) is 0 Å². The van der Waals surface area contributed by atoms with Crippen molar-refractivity contribution >= 4 is 30.6 Å². The van der Waals surface area contributed by atoms with Crippen molar-refractivity contribution in [2.45, 2.75) is 24.7 Å². The first-order valence-corrected chi connectivity index (χ1v) is 7.26. The lowest BCUT2D eigenvalue weighted by molar-refractivity contribution is 0.610. The molecule has 0 amide bonds. The fourth-order valence-electron chi connectivity index (χ4n) is 1.68. The maximum atomic E-state index is 11.3. The fourth-order valence-corrected chi connectivity index (χ4v) is 2.70. The summed E-state index contributed by atoms with van der Waals surface area (Å²) in [5.74, 6) is 0.406. The molecule has 1 aromatic heterocycles. The number of aromatic amines is 1. The van der Waals surface area contributed by atoms with Gasteiger partial charge in [-0.3, -0.25) is 0 Å². The highest BCUT2D eigenvalue weighted by molar-refractivity contribution is 8.14. The van der Waals surface area contributed by atoms with E-state index in [4.69, 9.17) is 10.7 Å². The van der Waals surface area contributed by atoms with Crippen LogP contribution >= 0.6 is 10.7 Å². The average Bonchev–Trinajstić information content (AvgIpc) is 2.58. The van der Waals surface area contributed by atoms with Gasteiger partial charge in [-0.25, -0.2) is 8.42 Å². The lowest BCUT2D eigenvalue weighted by atomic mass is 10.0. The van der Waals surface area contributed by atoms with Crippen molar-refractivity contribution < 1.29 is 8.42 Å². The standard InChI is InChI=1S/C11H12ClNO2S/c1-7(2)8-3-4-9-10(5-8)13-6-11(9)16(12,14)15/h3-7,13H,1-2H3. The summed E-state index contributed by atoms with van der Waals surface area (Å²) in [6.45, 7) is 4.17. The third-order valence-corrected chi connectivity index (χ3v) is 3.96. The Labute approximate surface area is 98.8 Å². The normalized spacial score (nSPS) is 12.5. The number of benzene rings is 1. The monoisotopic (exact) mass is 257 g/mol. The van der Waals surface area contributed by atoms with Crippen molar-refractivity contribution in [3.63, 3.8) is 0 Å². The van der Waals surface area contributed by atoms with Gasteiger partial charge in [-0.1, -0.05) is 26.0 Å². The Morgan fingerprint density at radius 1 is 1.31 bits per heavy atom. The Morgan fingerprint density at radius 2 is 2.00 bits per heavy atom. The molecule has 1 aromatic carbocycles. The number of hydrogen-bond donors (Lipinski definition) is 1. The third-order valence-electron chi connectivity index (χ3n) is 2.60. The molecule has 0 radical (unpaired) electrons. The molecule has 0 spiro atoms. The summed E-state index contributed by atoms with van der Waals surface area (Å²) >= 11 is 0. The first kappa shape index (κ1) is 11.5. The number of hydrogen-bond acceptors (Lipinski definition) is 2. The van der Waals surface area contributed by atoms with Crippen LogP contribution in [-0.2, 0) is 9.05 Å². The summed E-state index contributed by atoms with van der Waals surface area (Å²) in [6.07, 6.45) is 1.43. The molecule has 2 rings (SSSR count). The molecule has 0 saturated heterocycles. The molecule has 0 bridgehead atoms. The summed E-state index contributed by atoms with van der Waals surface area (Å²) in [7, 11) is 1.66. The fraction of sp³-hybridized carbons (Fsp3) is 0.273. The SMILES string of the molecule is CC(C)c1ccc2c(S(=O)(=O)Cl)c[nH]c2c1. The highest BCUT2D eigenvalue weighted by Gasteiger charge is 2.16. The van der Waals surface area contributed by atoms with E-state index in [1.807, 2.05) is 12.1 Å². The van der Waals surface area contributed by atoms with Gasteiger partial charge in [-0.15, -0.1) is 0 Å². The predicted molar refractivity (Wildman–Crippen MR) is 65.4 cm³/mol. The molecule has 1 N–H and O–H groups in total. The number of halogens is 1. The first-order valence-electron chi connectivity index (χ1n) is 4.95. The Bertz CT molecular complexity index is 628. The van der Waals surface area contributed by atoms with E-state index in [0.29, 0.717) is 11.3 Å². The van der Waals surface area contributed by atoms with Crippen LogP contribution in [0, 0.1) is 0 Å². The molecule has 3 nitrogen and oxygen atoms in total.